The lowest BCUT2D eigenvalue weighted by Gasteiger charge is -2.31. The number of amidine groups is 1. The van der Waals surface area contributed by atoms with Gasteiger partial charge in [0.25, 0.3) is 0 Å². The number of hydrogen-bond acceptors (Lipinski definition) is 4. The fourth-order valence-electron chi connectivity index (χ4n) is 2.73. The topological polar surface area (TPSA) is 71.1 Å². The Morgan fingerprint density at radius 2 is 2.12 bits per heavy atom. The van der Waals surface area contributed by atoms with E-state index in [4.69, 9.17) is 15.7 Å². The molecule has 0 spiro atoms. The van der Waals surface area contributed by atoms with Crippen LogP contribution in [0.15, 0.2) is 5.16 Å². The van der Waals surface area contributed by atoms with E-state index in [1.807, 2.05) is 0 Å². The maximum atomic E-state index is 8.63. The summed E-state index contributed by atoms with van der Waals surface area (Å²) in [5.41, 5.74) is 5.63. The first kappa shape index (κ1) is 12.6. The summed E-state index contributed by atoms with van der Waals surface area (Å²) in [6, 6.07) is 0. The van der Waals surface area contributed by atoms with E-state index in [-0.39, 0.29) is 5.92 Å². The van der Waals surface area contributed by atoms with Crippen LogP contribution in [0.3, 0.4) is 0 Å². The van der Waals surface area contributed by atoms with Crippen molar-refractivity contribution in [3.63, 3.8) is 0 Å². The standard InChI is InChI=1S/C12H23N3O2/c13-12(14-16)10-3-6-15(7-4-10)8-5-11-2-1-9-17-11/h10-11,16H,1-9H2,(H2,13,14). The van der Waals surface area contributed by atoms with E-state index < -0.39 is 0 Å². The first-order valence-electron chi connectivity index (χ1n) is 6.61. The van der Waals surface area contributed by atoms with E-state index in [9.17, 15) is 0 Å². The fourth-order valence-corrected chi connectivity index (χ4v) is 2.73. The summed E-state index contributed by atoms with van der Waals surface area (Å²) < 4.78 is 5.62. The zero-order chi connectivity index (χ0) is 12.1. The van der Waals surface area contributed by atoms with Gasteiger partial charge < -0.3 is 20.6 Å². The molecule has 2 saturated heterocycles. The van der Waals surface area contributed by atoms with Crippen LogP contribution in [0.1, 0.15) is 32.1 Å². The zero-order valence-corrected chi connectivity index (χ0v) is 10.3. The molecular weight excluding hydrogens is 218 g/mol. The van der Waals surface area contributed by atoms with Gasteiger partial charge in [0.15, 0.2) is 0 Å². The highest BCUT2D eigenvalue weighted by Crippen LogP contribution is 2.20. The molecule has 0 aliphatic carbocycles. The largest absolute Gasteiger partial charge is 0.409 e. The van der Waals surface area contributed by atoms with Crippen LogP contribution < -0.4 is 5.73 Å². The SMILES string of the molecule is NC(=NO)C1CCN(CCC2CCCO2)CC1. The van der Waals surface area contributed by atoms with Crippen LogP contribution in [-0.4, -0.2) is 48.3 Å². The van der Waals surface area contributed by atoms with Gasteiger partial charge in [-0.2, -0.15) is 0 Å². The summed E-state index contributed by atoms with van der Waals surface area (Å²) in [6.45, 7) is 4.16. The number of ether oxygens (including phenoxy) is 1. The molecule has 0 saturated carbocycles. The van der Waals surface area contributed by atoms with Crippen molar-refractivity contribution in [2.75, 3.05) is 26.2 Å². The summed E-state index contributed by atoms with van der Waals surface area (Å²) >= 11 is 0. The van der Waals surface area contributed by atoms with Gasteiger partial charge in [-0.25, -0.2) is 0 Å². The maximum Gasteiger partial charge on any atom is 0.142 e. The lowest BCUT2D eigenvalue weighted by Crippen LogP contribution is -2.39. The molecule has 0 radical (unpaired) electrons. The number of nitrogens with zero attached hydrogens (tertiary/aromatic N) is 2. The Balaban J connectivity index is 1.65. The summed E-state index contributed by atoms with van der Waals surface area (Å²) in [6.07, 6.45) is 6.07. The molecule has 0 aromatic carbocycles. The summed E-state index contributed by atoms with van der Waals surface area (Å²) in [5.74, 6) is 0.655. The van der Waals surface area contributed by atoms with Crippen LogP contribution in [-0.2, 0) is 4.74 Å². The number of nitrogens with two attached hydrogens (primary N) is 1. The molecular formula is C12H23N3O2. The van der Waals surface area contributed by atoms with Crippen molar-refractivity contribution >= 4 is 5.84 Å². The average Bonchev–Trinajstić information content (AvgIpc) is 2.89. The van der Waals surface area contributed by atoms with Crippen LogP contribution in [0.4, 0.5) is 0 Å². The quantitative estimate of drug-likeness (QED) is 0.333. The summed E-state index contributed by atoms with van der Waals surface area (Å²) in [5, 5.41) is 11.7. The number of rotatable bonds is 4. The predicted molar refractivity (Wildman–Crippen MR) is 66.2 cm³/mol. The van der Waals surface area contributed by atoms with E-state index in [1.54, 1.807) is 0 Å². The van der Waals surface area contributed by atoms with Crippen LogP contribution in [0, 0.1) is 5.92 Å². The van der Waals surface area contributed by atoms with Crippen molar-refractivity contribution in [1.29, 1.82) is 0 Å². The molecule has 0 aromatic rings. The monoisotopic (exact) mass is 241 g/mol. The van der Waals surface area contributed by atoms with Gasteiger partial charge in [-0.3, -0.25) is 0 Å². The minimum atomic E-state index is 0.263. The normalized spacial score (nSPS) is 28.7. The smallest absolute Gasteiger partial charge is 0.142 e. The molecule has 0 bridgehead atoms. The highest BCUT2D eigenvalue weighted by atomic mass is 16.5. The molecule has 98 valence electrons. The lowest BCUT2D eigenvalue weighted by atomic mass is 9.95. The molecule has 5 heteroatoms. The molecule has 2 aliphatic heterocycles. The Labute approximate surface area is 103 Å². The van der Waals surface area contributed by atoms with Gasteiger partial charge in [0.05, 0.1) is 6.10 Å². The van der Waals surface area contributed by atoms with Crippen LogP contribution >= 0.6 is 0 Å². The highest BCUT2D eigenvalue weighted by molar-refractivity contribution is 5.82. The molecule has 2 heterocycles. The molecule has 5 nitrogen and oxygen atoms in total. The van der Waals surface area contributed by atoms with Gasteiger partial charge in [-0.1, -0.05) is 5.16 Å². The Kier molecular flexibility index (Phi) is 4.62. The second kappa shape index (κ2) is 6.21. The van der Waals surface area contributed by atoms with E-state index in [2.05, 4.69) is 10.1 Å². The van der Waals surface area contributed by atoms with E-state index in [1.165, 1.54) is 12.8 Å². The van der Waals surface area contributed by atoms with Crippen molar-refractivity contribution in [3.05, 3.63) is 0 Å². The highest BCUT2D eigenvalue weighted by Gasteiger charge is 2.23. The van der Waals surface area contributed by atoms with E-state index in [0.717, 1.165) is 45.5 Å². The number of oxime groups is 1. The first-order chi connectivity index (χ1) is 8.29. The molecule has 17 heavy (non-hydrogen) atoms. The third-order valence-electron chi connectivity index (χ3n) is 3.91. The van der Waals surface area contributed by atoms with Crippen molar-refractivity contribution in [1.82, 2.24) is 4.90 Å². The predicted octanol–water partition coefficient (Wildman–Crippen LogP) is 1.01. The molecule has 2 aliphatic rings. The van der Waals surface area contributed by atoms with Gasteiger partial charge >= 0.3 is 0 Å². The Hall–Kier alpha value is -0.810. The Morgan fingerprint density at radius 1 is 1.35 bits per heavy atom. The zero-order valence-electron chi connectivity index (χ0n) is 10.3. The third kappa shape index (κ3) is 3.57. The minimum Gasteiger partial charge on any atom is -0.409 e. The maximum absolute atomic E-state index is 8.63. The van der Waals surface area contributed by atoms with E-state index >= 15 is 0 Å². The lowest BCUT2D eigenvalue weighted by molar-refractivity contribution is 0.0872. The van der Waals surface area contributed by atoms with Crippen molar-refractivity contribution in [3.8, 4) is 0 Å². The van der Waals surface area contributed by atoms with Gasteiger partial charge in [0.1, 0.15) is 5.84 Å². The van der Waals surface area contributed by atoms with Gasteiger partial charge in [0, 0.05) is 19.1 Å². The average molecular weight is 241 g/mol. The van der Waals surface area contributed by atoms with Crippen LogP contribution in [0.25, 0.3) is 0 Å². The first-order valence-corrected chi connectivity index (χ1v) is 6.61. The van der Waals surface area contributed by atoms with Crippen molar-refractivity contribution in [2.45, 2.75) is 38.2 Å². The second-order valence-corrected chi connectivity index (χ2v) is 5.06. The van der Waals surface area contributed by atoms with Gasteiger partial charge in [0.2, 0.25) is 0 Å². The van der Waals surface area contributed by atoms with Crippen LogP contribution in [0.2, 0.25) is 0 Å². The van der Waals surface area contributed by atoms with Gasteiger partial charge in [-0.15, -0.1) is 0 Å². The van der Waals surface area contributed by atoms with Crippen LogP contribution in [0.5, 0.6) is 0 Å². The number of hydrogen-bond donors (Lipinski definition) is 2. The number of likely N-dealkylation sites (tertiary alicyclic amines) is 1. The summed E-state index contributed by atoms with van der Waals surface area (Å²) in [4.78, 5) is 2.46. The molecule has 0 amide bonds. The molecule has 2 rings (SSSR count). The molecule has 1 atom stereocenters. The minimum absolute atomic E-state index is 0.263. The van der Waals surface area contributed by atoms with Gasteiger partial charge in [-0.05, 0) is 45.2 Å². The van der Waals surface area contributed by atoms with Crippen molar-refractivity contribution in [2.24, 2.45) is 16.8 Å². The fraction of sp³-hybridized carbons (Fsp3) is 0.917. The molecule has 2 fully saturated rings. The summed E-state index contributed by atoms with van der Waals surface area (Å²) in [7, 11) is 0. The third-order valence-corrected chi connectivity index (χ3v) is 3.91. The second-order valence-electron chi connectivity index (χ2n) is 5.06. The van der Waals surface area contributed by atoms with E-state index in [0.29, 0.717) is 11.9 Å². The Morgan fingerprint density at radius 3 is 2.71 bits per heavy atom. The molecule has 1 unspecified atom stereocenters. The van der Waals surface area contributed by atoms with Crippen molar-refractivity contribution < 1.29 is 9.94 Å². The number of piperidine rings is 1. The Bertz CT molecular complexity index is 256. The molecule has 3 N–H and O–H groups in total. The molecule has 0 aromatic heterocycles.